The van der Waals surface area contributed by atoms with E-state index in [-0.39, 0.29) is 0 Å². The van der Waals surface area contributed by atoms with Crippen LogP contribution < -0.4 is 4.72 Å². The van der Waals surface area contributed by atoms with E-state index in [1.54, 1.807) is 11.2 Å². The molecule has 1 fully saturated rings. The zero-order valence-electron chi connectivity index (χ0n) is 11.0. The maximum Gasteiger partial charge on any atom is 0.279 e. The van der Waals surface area contributed by atoms with Crippen LogP contribution in [0.1, 0.15) is 31.2 Å². The molecule has 0 saturated carbocycles. The van der Waals surface area contributed by atoms with Gasteiger partial charge in [-0.2, -0.15) is 12.7 Å². The predicted molar refractivity (Wildman–Crippen MR) is 80.3 cm³/mol. The summed E-state index contributed by atoms with van der Waals surface area (Å²) in [6.45, 7) is 3.42. The molecular weight excluding hydrogens is 328 g/mol. The number of hydrogen-bond donors (Lipinski definition) is 1. The minimum atomic E-state index is -3.27. The van der Waals surface area contributed by atoms with Gasteiger partial charge in [0.05, 0.1) is 0 Å². The monoisotopic (exact) mass is 346 g/mol. The molecule has 1 aromatic carbocycles. The van der Waals surface area contributed by atoms with Gasteiger partial charge in [0.1, 0.15) is 0 Å². The summed E-state index contributed by atoms with van der Waals surface area (Å²) in [6, 6.07) is 8.31. The van der Waals surface area contributed by atoms with Crippen LogP contribution in [0.3, 0.4) is 0 Å². The van der Waals surface area contributed by atoms with Crippen molar-refractivity contribution in [2.24, 2.45) is 0 Å². The first-order valence-corrected chi connectivity index (χ1v) is 8.76. The second kappa shape index (κ2) is 6.35. The number of hydrogen-bond acceptors (Lipinski definition) is 2. The summed E-state index contributed by atoms with van der Waals surface area (Å²) in [6.07, 6.45) is 1.76. The Kier molecular flexibility index (Phi) is 5.00. The fraction of sp³-hybridized carbons (Fsp3) is 0.538. The fourth-order valence-corrected chi connectivity index (χ4v) is 3.94. The number of nitrogens with zero attached hydrogens (tertiary/aromatic N) is 1. The summed E-state index contributed by atoms with van der Waals surface area (Å²) < 4.78 is 28.9. The summed E-state index contributed by atoms with van der Waals surface area (Å²) in [5.41, 5.74) is 1.30. The van der Waals surface area contributed by atoms with Gasteiger partial charge in [-0.15, -0.1) is 0 Å². The Morgan fingerprint density at radius 2 is 1.84 bits per heavy atom. The van der Waals surface area contributed by atoms with Crippen LogP contribution in [-0.4, -0.2) is 32.4 Å². The minimum absolute atomic E-state index is 0.439. The fourth-order valence-electron chi connectivity index (χ4n) is 2.44. The SMILES string of the molecule is CCNS(=O)(=O)N1CCC(c2ccc(Br)cc2)CC1. The van der Waals surface area contributed by atoms with Crippen LogP contribution in [0.2, 0.25) is 0 Å². The lowest BCUT2D eigenvalue weighted by molar-refractivity contribution is 0.316. The standard InChI is InChI=1S/C13H19BrN2O2S/c1-2-15-19(17,18)16-9-7-12(8-10-16)11-3-5-13(14)6-4-11/h3-6,12,15H,2,7-10H2,1H3. The van der Waals surface area contributed by atoms with E-state index in [0.717, 1.165) is 17.3 Å². The number of rotatable bonds is 4. The molecule has 0 radical (unpaired) electrons. The van der Waals surface area contributed by atoms with Crippen molar-refractivity contribution in [1.29, 1.82) is 0 Å². The van der Waals surface area contributed by atoms with Gasteiger partial charge in [-0.1, -0.05) is 35.0 Å². The van der Waals surface area contributed by atoms with Gasteiger partial charge < -0.3 is 0 Å². The molecular formula is C13H19BrN2O2S. The molecule has 0 aromatic heterocycles. The second-order valence-electron chi connectivity index (χ2n) is 4.73. The first-order chi connectivity index (χ1) is 9.03. The van der Waals surface area contributed by atoms with Crippen LogP contribution in [0, 0.1) is 0 Å². The van der Waals surface area contributed by atoms with E-state index in [4.69, 9.17) is 0 Å². The Bertz CT molecular complexity index is 508. The van der Waals surface area contributed by atoms with Crippen molar-refractivity contribution in [1.82, 2.24) is 9.03 Å². The molecule has 0 spiro atoms. The third kappa shape index (κ3) is 3.78. The number of piperidine rings is 1. The molecule has 1 aliphatic heterocycles. The summed E-state index contributed by atoms with van der Waals surface area (Å²) >= 11 is 3.43. The second-order valence-corrected chi connectivity index (χ2v) is 7.40. The summed E-state index contributed by atoms with van der Waals surface area (Å²) in [7, 11) is -3.27. The van der Waals surface area contributed by atoms with Crippen molar-refractivity contribution in [3.63, 3.8) is 0 Å². The van der Waals surface area contributed by atoms with E-state index in [1.165, 1.54) is 5.56 Å². The smallest absolute Gasteiger partial charge is 0.202 e. The molecule has 4 nitrogen and oxygen atoms in total. The van der Waals surface area contributed by atoms with Gasteiger partial charge in [0.15, 0.2) is 0 Å². The number of benzene rings is 1. The molecule has 0 bridgehead atoms. The van der Waals surface area contributed by atoms with Crippen LogP contribution >= 0.6 is 15.9 Å². The molecule has 6 heteroatoms. The molecule has 0 aliphatic carbocycles. The van der Waals surface area contributed by atoms with Gasteiger partial charge >= 0.3 is 0 Å². The molecule has 106 valence electrons. The molecule has 1 N–H and O–H groups in total. The Hall–Kier alpha value is -0.430. The van der Waals surface area contributed by atoms with E-state index < -0.39 is 10.2 Å². The highest BCUT2D eigenvalue weighted by Gasteiger charge is 2.27. The van der Waals surface area contributed by atoms with Crippen molar-refractivity contribution >= 4 is 26.1 Å². The van der Waals surface area contributed by atoms with Crippen molar-refractivity contribution in [2.75, 3.05) is 19.6 Å². The van der Waals surface area contributed by atoms with Crippen LogP contribution in [0.5, 0.6) is 0 Å². The van der Waals surface area contributed by atoms with Crippen LogP contribution in [0.4, 0.5) is 0 Å². The molecule has 1 aromatic rings. The van der Waals surface area contributed by atoms with E-state index in [9.17, 15) is 8.42 Å². The van der Waals surface area contributed by atoms with Gasteiger partial charge in [-0.3, -0.25) is 0 Å². The Morgan fingerprint density at radius 1 is 1.26 bits per heavy atom. The zero-order valence-corrected chi connectivity index (χ0v) is 13.4. The lowest BCUT2D eigenvalue weighted by Gasteiger charge is -2.31. The van der Waals surface area contributed by atoms with Gasteiger partial charge in [-0.25, -0.2) is 4.72 Å². The van der Waals surface area contributed by atoms with E-state index in [2.05, 4.69) is 32.8 Å². The molecule has 1 saturated heterocycles. The molecule has 0 amide bonds. The first-order valence-electron chi connectivity index (χ1n) is 6.53. The highest BCUT2D eigenvalue weighted by atomic mass is 79.9. The van der Waals surface area contributed by atoms with E-state index >= 15 is 0 Å². The van der Waals surface area contributed by atoms with Crippen LogP contribution in [0.15, 0.2) is 28.7 Å². The summed E-state index contributed by atoms with van der Waals surface area (Å²) in [5.74, 6) is 0.459. The lowest BCUT2D eigenvalue weighted by Crippen LogP contribution is -2.44. The van der Waals surface area contributed by atoms with E-state index in [0.29, 0.717) is 25.6 Å². The Morgan fingerprint density at radius 3 is 2.37 bits per heavy atom. The third-order valence-corrected chi connectivity index (χ3v) is 5.69. The van der Waals surface area contributed by atoms with E-state index in [1.807, 2.05) is 12.1 Å². The van der Waals surface area contributed by atoms with Gasteiger partial charge in [-0.05, 0) is 36.5 Å². The topological polar surface area (TPSA) is 49.4 Å². The molecule has 0 unspecified atom stereocenters. The molecule has 1 heterocycles. The minimum Gasteiger partial charge on any atom is -0.202 e. The molecule has 2 rings (SSSR count). The highest BCUT2D eigenvalue weighted by molar-refractivity contribution is 9.10. The molecule has 1 aliphatic rings. The predicted octanol–water partition coefficient (Wildman–Crippen LogP) is 2.48. The molecule has 0 atom stereocenters. The van der Waals surface area contributed by atoms with Crippen molar-refractivity contribution in [3.8, 4) is 0 Å². The third-order valence-electron chi connectivity index (χ3n) is 3.46. The number of halogens is 1. The molecule has 19 heavy (non-hydrogen) atoms. The highest BCUT2D eigenvalue weighted by Crippen LogP contribution is 2.29. The van der Waals surface area contributed by atoms with Crippen molar-refractivity contribution in [2.45, 2.75) is 25.7 Å². The summed E-state index contributed by atoms with van der Waals surface area (Å²) in [5, 5.41) is 0. The first kappa shape index (κ1) is 15.0. The zero-order chi connectivity index (χ0) is 13.9. The maximum atomic E-state index is 11.9. The van der Waals surface area contributed by atoms with Crippen LogP contribution in [-0.2, 0) is 10.2 Å². The normalized spacial score (nSPS) is 18.6. The van der Waals surface area contributed by atoms with Gasteiger partial charge in [0, 0.05) is 24.1 Å². The average molecular weight is 347 g/mol. The van der Waals surface area contributed by atoms with Crippen molar-refractivity contribution in [3.05, 3.63) is 34.3 Å². The Labute approximate surface area is 123 Å². The lowest BCUT2D eigenvalue weighted by atomic mass is 9.90. The van der Waals surface area contributed by atoms with Crippen molar-refractivity contribution < 1.29 is 8.42 Å². The largest absolute Gasteiger partial charge is 0.279 e. The maximum absolute atomic E-state index is 11.9. The summed E-state index contributed by atoms with van der Waals surface area (Å²) in [4.78, 5) is 0. The quantitative estimate of drug-likeness (QED) is 0.910. The van der Waals surface area contributed by atoms with Gasteiger partial charge in [0.25, 0.3) is 10.2 Å². The van der Waals surface area contributed by atoms with Gasteiger partial charge in [0.2, 0.25) is 0 Å². The average Bonchev–Trinajstić information content (AvgIpc) is 2.40. The van der Waals surface area contributed by atoms with Crippen LogP contribution in [0.25, 0.3) is 0 Å². The Balaban J connectivity index is 1.98. The number of nitrogens with one attached hydrogen (secondary N) is 1.